The fraction of sp³-hybridized carbons (Fsp3) is 0.476. The lowest BCUT2D eigenvalue weighted by atomic mass is 10.0. The normalized spacial score (nSPS) is 10.7. The van der Waals surface area contributed by atoms with Crippen LogP contribution in [0.3, 0.4) is 0 Å². The molecule has 0 spiro atoms. The van der Waals surface area contributed by atoms with Gasteiger partial charge in [0.2, 0.25) is 0 Å². The Morgan fingerprint density at radius 1 is 0.867 bits per heavy atom. The molecular weight excluding hydrogens is 472 g/mol. The van der Waals surface area contributed by atoms with Crippen molar-refractivity contribution < 1.29 is 19.0 Å². The largest absolute Gasteiger partial charge is 0.491 e. The van der Waals surface area contributed by atoms with Crippen molar-refractivity contribution in [3.63, 3.8) is 0 Å². The summed E-state index contributed by atoms with van der Waals surface area (Å²) < 4.78 is 17.6. The van der Waals surface area contributed by atoms with Crippen molar-refractivity contribution in [1.29, 1.82) is 0 Å². The third kappa shape index (κ3) is 11.9. The third-order valence-electron chi connectivity index (χ3n) is 3.79. The van der Waals surface area contributed by atoms with Crippen LogP contribution in [0.25, 0.3) is 0 Å². The number of ether oxygens (including phenoxy) is 3. The molecule has 0 unspecified atom stereocenters. The first-order valence-corrected chi connectivity index (χ1v) is 11.1. The molecule has 168 valence electrons. The van der Waals surface area contributed by atoms with Crippen molar-refractivity contribution in [2.75, 3.05) is 33.0 Å². The van der Waals surface area contributed by atoms with Crippen LogP contribution in [-0.4, -0.2) is 39.2 Å². The van der Waals surface area contributed by atoms with Gasteiger partial charge in [-0.2, -0.15) is 0 Å². The number of rotatable bonds is 15. The average molecular weight is 499 g/mol. The summed E-state index contributed by atoms with van der Waals surface area (Å²) in [4.78, 5) is 4.94. The summed E-state index contributed by atoms with van der Waals surface area (Å²) >= 11 is 22.1. The van der Waals surface area contributed by atoms with E-state index in [9.17, 15) is 0 Å². The minimum absolute atomic E-state index is 0.154. The van der Waals surface area contributed by atoms with Crippen molar-refractivity contribution in [3.8, 4) is 11.5 Å². The second-order valence-electron chi connectivity index (χ2n) is 5.91. The Morgan fingerprint density at radius 2 is 1.50 bits per heavy atom. The number of aryl methyl sites for hydroxylation is 2. The van der Waals surface area contributed by atoms with E-state index in [2.05, 4.69) is 19.0 Å². The molecule has 1 aromatic rings. The standard InChI is InChI=1S/C21H27Cl4NO4/c1-3-16-14-18(28-10-6-19(22)23)15-17(4-2)21(16)29-13-12-27-9-5-8-26-30-11-7-20(24)25/h6-8,14-15H,3-5,9-13H2,1-2H3/b26-8+. The number of oxime groups is 1. The van der Waals surface area contributed by atoms with Crippen LogP contribution in [0, 0.1) is 0 Å². The van der Waals surface area contributed by atoms with E-state index >= 15 is 0 Å². The smallest absolute Gasteiger partial charge is 0.138 e. The van der Waals surface area contributed by atoms with Gasteiger partial charge in [0.05, 0.1) is 13.2 Å². The SMILES string of the molecule is CCc1cc(OCC=C(Cl)Cl)cc(CC)c1OCCOCC/C=N/OCC=C(Cl)Cl. The van der Waals surface area contributed by atoms with Crippen LogP contribution >= 0.6 is 46.4 Å². The van der Waals surface area contributed by atoms with Crippen LogP contribution in [0.1, 0.15) is 31.4 Å². The summed E-state index contributed by atoms with van der Waals surface area (Å²) in [5.74, 6) is 1.66. The predicted molar refractivity (Wildman–Crippen MR) is 126 cm³/mol. The molecule has 0 atom stereocenters. The van der Waals surface area contributed by atoms with Gasteiger partial charge in [0.25, 0.3) is 0 Å². The second-order valence-corrected chi connectivity index (χ2v) is 7.93. The van der Waals surface area contributed by atoms with Crippen molar-refractivity contribution in [2.45, 2.75) is 33.1 Å². The topological polar surface area (TPSA) is 49.3 Å². The zero-order chi connectivity index (χ0) is 22.2. The minimum atomic E-state index is 0.154. The van der Waals surface area contributed by atoms with E-state index in [-0.39, 0.29) is 15.6 Å². The fourth-order valence-corrected chi connectivity index (χ4v) is 2.66. The van der Waals surface area contributed by atoms with E-state index in [0.717, 1.165) is 35.5 Å². The van der Waals surface area contributed by atoms with Gasteiger partial charge in [0, 0.05) is 12.6 Å². The molecule has 0 aliphatic carbocycles. The van der Waals surface area contributed by atoms with Crippen LogP contribution in [-0.2, 0) is 22.4 Å². The molecule has 30 heavy (non-hydrogen) atoms. The third-order valence-corrected chi connectivity index (χ3v) is 4.41. The van der Waals surface area contributed by atoms with Gasteiger partial charge in [-0.3, -0.25) is 0 Å². The summed E-state index contributed by atoms with van der Waals surface area (Å²) in [5.41, 5.74) is 2.17. The predicted octanol–water partition coefficient (Wildman–Crippen LogP) is 6.62. The van der Waals surface area contributed by atoms with E-state index in [0.29, 0.717) is 32.8 Å². The Morgan fingerprint density at radius 3 is 2.10 bits per heavy atom. The molecule has 1 rings (SSSR count). The maximum absolute atomic E-state index is 6.01. The monoisotopic (exact) mass is 497 g/mol. The van der Waals surface area contributed by atoms with Gasteiger partial charge in [-0.1, -0.05) is 65.4 Å². The maximum atomic E-state index is 6.01. The molecule has 5 nitrogen and oxygen atoms in total. The molecular formula is C21H27Cl4NO4. The number of hydrogen-bond acceptors (Lipinski definition) is 5. The highest BCUT2D eigenvalue weighted by molar-refractivity contribution is 6.56. The Labute approximate surface area is 198 Å². The number of halogens is 4. The van der Waals surface area contributed by atoms with E-state index in [1.807, 2.05) is 12.1 Å². The summed E-state index contributed by atoms with van der Waals surface area (Å²) in [6.07, 6.45) is 7.03. The Hall–Kier alpha value is -1.11. The first-order chi connectivity index (χ1) is 14.5. The maximum Gasteiger partial charge on any atom is 0.138 e. The van der Waals surface area contributed by atoms with E-state index in [4.69, 9.17) is 65.5 Å². The quantitative estimate of drug-likeness (QED) is 0.155. The number of nitrogens with zero attached hydrogens (tertiary/aromatic N) is 1. The zero-order valence-electron chi connectivity index (χ0n) is 17.1. The second kappa shape index (κ2) is 16.6. The Balaban J connectivity index is 2.42. The molecule has 0 radical (unpaired) electrons. The molecule has 0 heterocycles. The van der Waals surface area contributed by atoms with Gasteiger partial charge >= 0.3 is 0 Å². The number of hydrogen-bond donors (Lipinski definition) is 0. The van der Waals surface area contributed by atoms with Gasteiger partial charge in [-0.05, 0) is 48.3 Å². The van der Waals surface area contributed by atoms with Crippen molar-refractivity contribution >= 4 is 52.6 Å². The average Bonchev–Trinajstić information content (AvgIpc) is 2.71. The molecule has 0 aliphatic heterocycles. The first-order valence-electron chi connectivity index (χ1n) is 9.63. The first kappa shape index (κ1) is 26.9. The summed E-state index contributed by atoms with van der Waals surface area (Å²) in [5, 5.41) is 3.76. The van der Waals surface area contributed by atoms with Crippen molar-refractivity contribution in [1.82, 2.24) is 0 Å². The zero-order valence-corrected chi connectivity index (χ0v) is 20.2. The lowest BCUT2D eigenvalue weighted by molar-refractivity contribution is 0.104. The van der Waals surface area contributed by atoms with Crippen molar-refractivity contribution in [3.05, 3.63) is 44.4 Å². The van der Waals surface area contributed by atoms with Crippen LogP contribution in [0.2, 0.25) is 0 Å². The fourth-order valence-electron chi connectivity index (χ4n) is 2.41. The van der Waals surface area contributed by atoms with E-state index < -0.39 is 0 Å². The lowest BCUT2D eigenvalue weighted by Crippen LogP contribution is -2.10. The number of benzene rings is 1. The Bertz CT molecular complexity index is 690. The van der Waals surface area contributed by atoms with Gasteiger partial charge < -0.3 is 19.0 Å². The van der Waals surface area contributed by atoms with Gasteiger partial charge in [-0.15, -0.1) is 0 Å². The molecule has 0 aliphatic rings. The van der Waals surface area contributed by atoms with Gasteiger partial charge in [-0.25, -0.2) is 0 Å². The molecule has 0 fully saturated rings. The highest BCUT2D eigenvalue weighted by Gasteiger charge is 2.11. The molecule has 0 amide bonds. The molecule has 0 aromatic heterocycles. The molecule has 0 bridgehead atoms. The molecule has 0 saturated heterocycles. The Kier molecular flexibility index (Phi) is 14.9. The van der Waals surface area contributed by atoms with E-state index in [1.165, 1.54) is 6.08 Å². The molecule has 0 N–H and O–H groups in total. The van der Waals surface area contributed by atoms with Gasteiger partial charge in [0.15, 0.2) is 0 Å². The van der Waals surface area contributed by atoms with Crippen LogP contribution in [0.4, 0.5) is 0 Å². The molecule has 0 saturated carbocycles. The van der Waals surface area contributed by atoms with Crippen LogP contribution in [0.15, 0.2) is 38.4 Å². The lowest BCUT2D eigenvalue weighted by Gasteiger charge is -2.17. The van der Waals surface area contributed by atoms with E-state index in [1.54, 1.807) is 12.3 Å². The molecule has 1 aromatic carbocycles. The highest BCUT2D eigenvalue weighted by Crippen LogP contribution is 2.31. The summed E-state index contributed by atoms with van der Waals surface area (Å²) in [6, 6.07) is 3.96. The van der Waals surface area contributed by atoms with Crippen LogP contribution in [0.5, 0.6) is 11.5 Å². The highest BCUT2D eigenvalue weighted by atomic mass is 35.5. The van der Waals surface area contributed by atoms with Crippen LogP contribution < -0.4 is 9.47 Å². The minimum Gasteiger partial charge on any atom is -0.491 e. The van der Waals surface area contributed by atoms with Crippen molar-refractivity contribution in [2.24, 2.45) is 5.16 Å². The summed E-state index contributed by atoms with van der Waals surface area (Å²) in [6.45, 7) is 6.15. The van der Waals surface area contributed by atoms with Gasteiger partial charge in [0.1, 0.15) is 40.3 Å². The summed E-state index contributed by atoms with van der Waals surface area (Å²) in [7, 11) is 0. The molecule has 9 heteroatoms.